The zero-order chi connectivity index (χ0) is 19.9. The van der Waals surface area contributed by atoms with Gasteiger partial charge in [0.1, 0.15) is 29.6 Å². The first-order valence-electron chi connectivity index (χ1n) is 7.87. The second-order valence-corrected chi connectivity index (χ2v) is 7.05. The van der Waals surface area contributed by atoms with Crippen LogP contribution < -0.4 is 9.46 Å². The average Bonchev–Trinajstić information content (AvgIpc) is 2.63. The predicted molar refractivity (Wildman–Crippen MR) is 93.3 cm³/mol. The summed E-state index contributed by atoms with van der Waals surface area (Å²) in [5.74, 6) is -2.15. The lowest BCUT2D eigenvalue weighted by molar-refractivity contribution is 0.0519. The van der Waals surface area contributed by atoms with Gasteiger partial charge in [0.05, 0.1) is 12.2 Å². The lowest BCUT2D eigenvalue weighted by Gasteiger charge is -2.09. The lowest BCUT2D eigenvalue weighted by atomic mass is 10.2. The van der Waals surface area contributed by atoms with E-state index in [4.69, 9.17) is 9.47 Å². The maximum absolute atomic E-state index is 12.8. The van der Waals surface area contributed by atoms with Gasteiger partial charge >= 0.3 is 5.97 Å². The molecule has 0 spiro atoms. The molecule has 0 saturated heterocycles. The van der Waals surface area contributed by atoms with E-state index in [1.54, 1.807) is 6.92 Å². The Labute approximate surface area is 155 Å². The Balaban J connectivity index is 1.89. The van der Waals surface area contributed by atoms with E-state index in [1.165, 1.54) is 36.4 Å². The van der Waals surface area contributed by atoms with E-state index in [9.17, 15) is 22.4 Å². The van der Waals surface area contributed by atoms with Crippen molar-refractivity contribution < 1.29 is 31.9 Å². The number of rotatable bonds is 8. The molecule has 0 bridgehead atoms. The first kappa shape index (κ1) is 20.3. The maximum Gasteiger partial charge on any atom is 0.356 e. The van der Waals surface area contributed by atoms with E-state index >= 15 is 0 Å². The highest BCUT2D eigenvalue weighted by atomic mass is 32.2. The third-order valence-electron chi connectivity index (χ3n) is 3.19. The van der Waals surface area contributed by atoms with Gasteiger partial charge in [-0.05, 0) is 43.3 Å². The number of carbonyl (C=O) groups is 2. The van der Waals surface area contributed by atoms with Crippen molar-refractivity contribution in [1.82, 2.24) is 9.71 Å². The molecule has 1 aromatic carbocycles. The number of aromatic nitrogens is 1. The Morgan fingerprint density at radius 3 is 2.44 bits per heavy atom. The lowest BCUT2D eigenvalue weighted by Crippen LogP contribution is -2.34. The van der Waals surface area contributed by atoms with Crippen molar-refractivity contribution >= 4 is 21.9 Å². The van der Waals surface area contributed by atoms with Gasteiger partial charge in [0.15, 0.2) is 0 Å². The summed E-state index contributed by atoms with van der Waals surface area (Å²) in [4.78, 5) is 27.3. The van der Waals surface area contributed by atoms with E-state index in [1.807, 2.05) is 4.72 Å². The van der Waals surface area contributed by atoms with Gasteiger partial charge in [-0.3, -0.25) is 4.79 Å². The molecule has 0 saturated carbocycles. The molecule has 0 aliphatic carbocycles. The maximum atomic E-state index is 12.8. The fourth-order valence-corrected chi connectivity index (χ4v) is 2.71. The largest absolute Gasteiger partial charge is 0.492 e. The summed E-state index contributed by atoms with van der Waals surface area (Å²) < 4.78 is 48.5. The zero-order valence-corrected chi connectivity index (χ0v) is 15.2. The van der Waals surface area contributed by atoms with Gasteiger partial charge in [0.25, 0.3) is 5.91 Å². The average molecular weight is 396 g/mol. The Morgan fingerprint density at radius 2 is 1.85 bits per heavy atom. The molecule has 2 rings (SSSR count). The molecule has 10 heteroatoms. The number of hydrogen-bond donors (Lipinski definition) is 1. The van der Waals surface area contributed by atoms with Gasteiger partial charge in [-0.15, -0.1) is 0 Å². The van der Waals surface area contributed by atoms with Crippen LogP contribution in [0.1, 0.15) is 27.8 Å². The molecule has 8 nitrogen and oxygen atoms in total. The molecule has 0 aliphatic heterocycles. The van der Waals surface area contributed by atoms with Crippen LogP contribution in [0, 0.1) is 5.82 Å². The molecule has 27 heavy (non-hydrogen) atoms. The number of esters is 1. The second-order valence-electron chi connectivity index (χ2n) is 5.21. The molecular formula is C17H17FN2O6S. The van der Waals surface area contributed by atoms with Gasteiger partial charge in [0, 0.05) is 6.20 Å². The number of sulfonamides is 1. The van der Waals surface area contributed by atoms with Crippen LogP contribution in [0.3, 0.4) is 0 Å². The molecule has 144 valence electrons. The summed E-state index contributed by atoms with van der Waals surface area (Å²) in [6.07, 6.45) is 1.08. The van der Waals surface area contributed by atoms with Crippen LogP contribution in [-0.2, 0) is 14.8 Å². The van der Waals surface area contributed by atoms with Crippen molar-refractivity contribution in [3.05, 3.63) is 59.7 Å². The molecule has 0 radical (unpaired) electrons. The van der Waals surface area contributed by atoms with Crippen molar-refractivity contribution in [2.75, 3.05) is 19.0 Å². The highest BCUT2D eigenvalue weighted by Crippen LogP contribution is 2.11. The van der Waals surface area contributed by atoms with E-state index in [0.29, 0.717) is 5.75 Å². The molecule has 0 unspecified atom stereocenters. The van der Waals surface area contributed by atoms with E-state index in [2.05, 4.69) is 4.98 Å². The van der Waals surface area contributed by atoms with Crippen molar-refractivity contribution in [1.29, 1.82) is 0 Å². The Morgan fingerprint density at radius 1 is 1.15 bits per heavy atom. The number of carbonyl (C=O) groups excluding carboxylic acids is 2. The zero-order valence-electron chi connectivity index (χ0n) is 14.3. The quantitative estimate of drug-likeness (QED) is 0.674. The monoisotopic (exact) mass is 396 g/mol. The van der Waals surface area contributed by atoms with E-state index in [0.717, 1.165) is 6.20 Å². The molecule has 1 amide bonds. The number of pyridine rings is 1. The summed E-state index contributed by atoms with van der Waals surface area (Å²) >= 11 is 0. The summed E-state index contributed by atoms with van der Waals surface area (Å²) in [5.41, 5.74) is -0.0324. The first-order chi connectivity index (χ1) is 12.8. The normalized spacial score (nSPS) is 10.9. The number of halogens is 1. The smallest absolute Gasteiger partial charge is 0.356 e. The summed E-state index contributed by atoms with van der Waals surface area (Å²) in [7, 11) is -3.96. The summed E-state index contributed by atoms with van der Waals surface area (Å²) in [6.45, 7) is 1.60. The molecule has 2 aromatic rings. The second kappa shape index (κ2) is 9.08. The van der Waals surface area contributed by atoms with Crippen LogP contribution in [0.4, 0.5) is 4.39 Å². The number of amides is 1. The topological polar surface area (TPSA) is 112 Å². The minimum atomic E-state index is -3.96. The minimum absolute atomic E-state index is 0.00366. The minimum Gasteiger partial charge on any atom is -0.492 e. The molecule has 0 fully saturated rings. The van der Waals surface area contributed by atoms with Gasteiger partial charge in [0.2, 0.25) is 10.0 Å². The van der Waals surface area contributed by atoms with Crippen LogP contribution in [-0.4, -0.2) is 44.2 Å². The number of nitrogens with one attached hydrogen (secondary N) is 1. The van der Waals surface area contributed by atoms with Crippen molar-refractivity contribution in [3.63, 3.8) is 0 Å². The van der Waals surface area contributed by atoms with Gasteiger partial charge in [-0.1, -0.05) is 0 Å². The fraction of sp³-hybridized carbons (Fsp3) is 0.235. The Kier molecular flexibility index (Phi) is 6.83. The van der Waals surface area contributed by atoms with Crippen LogP contribution in [0.5, 0.6) is 5.75 Å². The molecule has 1 heterocycles. The number of nitrogens with zero attached hydrogens (tertiary/aromatic N) is 1. The van der Waals surface area contributed by atoms with Crippen molar-refractivity contribution in [3.8, 4) is 5.75 Å². The molecule has 1 N–H and O–H groups in total. The number of ether oxygens (including phenoxy) is 2. The van der Waals surface area contributed by atoms with Gasteiger partial charge in [-0.2, -0.15) is 0 Å². The third-order valence-corrected chi connectivity index (χ3v) is 4.39. The standard InChI is InChI=1S/C17H17FN2O6S/c1-2-25-17(22)15-8-3-12(11-19-15)16(21)20-27(23,24)10-9-26-14-6-4-13(18)5-7-14/h3-8,11H,2,9-10H2,1H3,(H,20,21). The highest BCUT2D eigenvalue weighted by Gasteiger charge is 2.17. The van der Waals surface area contributed by atoms with Crippen molar-refractivity contribution in [2.24, 2.45) is 0 Å². The van der Waals surface area contributed by atoms with Gasteiger partial charge < -0.3 is 9.47 Å². The molecule has 0 aliphatic rings. The first-order valence-corrected chi connectivity index (χ1v) is 9.52. The van der Waals surface area contributed by atoms with Gasteiger partial charge in [-0.25, -0.2) is 27.3 Å². The van der Waals surface area contributed by atoms with Crippen LogP contribution in [0.25, 0.3) is 0 Å². The Hall–Kier alpha value is -3.01. The molecule has 0 atom stereocenters. The van der Waals surface area contributed by atoms with Crippen LogP contribution >= 0.6 is 0 Å². The number of benzene rings is 1. The molecular weight excluding hydrogens is 379 g/mol. The Bertz CT molecular complexity index is 898. The predicted octanol–water partition coefficient (Wildman–Crippen LogP) is 1.54. The molecule has 1 aromatic heterocycles. The third kappa shape index (κ3) is 6.33. The van der Waals surface area contributed by atoms with Crippen LogP contribution in [0.15, 0.2) is 42.6 Å². The SMILES string of the molecule is CCOC(=O)c1ccc(C(=O)NS(=O)(=O)CCOc2ccc(F)cc2)cn1. The summed E-state index contributed by atoms with van der Waals surface area (Å²) in [5, 5.41) is 0. The van der Waals surface area contributed by atoms with Crippen molar-refractivity contribution in [2.45, 2.75) is 6.92 Å². The van der Waals surface area contributed by atoms with E-state index in [-0.39, 0.29) is 24.5 Å². The fourth-order valence-electron chi connectivity index (χ4n) is 1.91. The van der Waals surface area contributed by atoms with E-state index < -0.39 is 33.5 Å². The van der Waals surface area contributed by atoms with Crippen LogP contribution in [0.2, 0.25) is 0 Å². The summed E-state index contributed by atoms with van der Waals surface area (Å²) in [6, 6.07) is 7.60. The highest BCUT2D eigenvalue weighted by molar-refractivity contribution is 7.90. The number of hydrogen-bond acceptors (Lipinski definition) is 7.